The van der Waals surface area contributed by atoms with E-state index in [1.54, 1.807) is 6.08 Å². The van der Waals surface area contributed by atoms with Crippen LogP contribution in [0, 0.1) is 0 Å². The van der Waals surface area contributed by atoms with Crippen LogP contribution in [0.5, 0.6) is 0 Å². The van der Waals surface area contributed by atoms with Gasteiger partial charge in [0.15, 0.2) is 0 Å². The van der Waals surface area contributed by atoms with Crippen LogP contribution in [0.2, 0.25) is 0 Å². The number of aliphatic carboxylic acids is 1. The average Bonchev–Trinajstić information content (AvgIpc) is 2.15. The van der Waals surface area contributed by atoms with E-state index < -0.39 is 5.97 Å². The van der Waals surface area contributed by atoms with Crippen molar-refractivity contribution in [2.24, 2.45) is 0 Å². The molecule has 1 N–H and O–H groups in total. The number of aryl methyl sites for hydroxylation is 1. The molecule has 68 valence electrons. The first-order valence-electron chi connectivity index (χ1n) is 4.22. The molecule has 1 aromatic rings. The van der Waals surface area contributed by atoms with Crippen LogP contribution >= 0.6 is 0 Å². The molecule has 0 amide bonds. The van der Waals surface area contributed by atoms with Crippen molar-refractivity contribution in [2.75, 3.05) is 0 Å². The quantitative estimate of drug-likeness (QED) is 0.718. The summed E-state index contributed by atoms with van der Waals surface area (Å²) in [6.07, 6.45) is 3.73. The van der Waals surface area contributed by atoms with E-state index in [1.165, 1.54) is 5.56 Å². The number of benzene rings is 1. The van der Waals surface area contributed by atoms with Crippen LogP contribution in [0.1, 0.15) is 18.1 Å². The molecule has 0 spiro atoms. The van der Waals surface area contributed by atoms with Gasteiger partial charge in [0.2, 0.25) is 0 Å². The monoisotopic (exact) mass is 176 g/mol. The van der Waals surface area contributed by atoms with Gasteiger partial charge < -0.3 is 5.11 Å². The van der Waals surface area contributed by atoms with Crippen molar-refractivity contribution in [3.63, 3.8) is 0 Å². The summed E-state index contributed by atoms with van der Waals surface area (Å²) in [5, 5.41) is 8.39. The molecule has 1 aromatic carbocycles. The normalized spacial score (nSPS) is 10.5. The largest absolute Gasteiger partial charge is 0.478 e. The highest BCUT2D eigenvalue weighted by atomic mass is 16.4. The van der Waals surface area contributed by atoms with Crippen LogP contribution < -0.4 is 0 Å². The van der Waals surface area contributed by atoms with Crippen LogP contribution in [0.3, 0.4) is 0 Å². The average molecular weight is 176 g/mol. The van der Waals surface area contributed by atoms with Crippen LogP contribution in [0.15, 0.2) is 30.3 Å². The van der Waals surface area contributed by atoms with Gasteiger partial charge in [-0.05, 0) is 23.6 Å². The molecule has 0 bridgehead atoms. The summed E-state index contributed by atoms with van der Waals surface area (Å²) in [5.74, 6) is -0.917. The molecule has 0 aliphatic carbocycles. The summed E-state index contributed by atoms with van der Waals surface area (Å²) in [6.45, 7) is 2.09. The Morgan fingerprint density at radius 3 is 2.46 bits per heavy atom. The lowest BCUT2D eigenvalue weighted by Crippen LogP contribution is -1.85. The Labute approximate surface area is 77.5 Å². The van der Waals surface area contributed by atoms with Crippen molar-refractivity contribution >= 4 is 12.0 Å². The van der Waals surface area contributed by atoms with Crippen LogP contribution in [0.25, 0.3) is 6.08 Å². The summed E-state index contributed by atoms with van der Waals surface area (Å²) < 4.78 is 0. The fourth-order valence-electron chi connectivity index (χ4n) is 1.03. The summed E-state index contributed by atoms with van der Waals surface area (Å²) in [7, 11) is 0. The van der Waals surface area contributed by atoms with Crippen molar-refractivity contribution in [2.45, 2.75) is 13.3 Å². The minimum atomic E-state index is -0.917. The highest BCUT2D eigenvalue weighted by Gasteiger charge is 1.90. The molecule has 0 aromatic heterocycles. The first-order chi connectivity index (χ1) is 6.22. The van der Waals surface area contributed by atoms with Crippen molar-refractivity contribution in [1.29, 1.82) is 0 Å². The van der Waals surface area contributed by atoms with E-state index >= 15 is 0 Å². The lowest BCUT2D eigenvalue weighted by molar-refractivity contribution is -0.131. The molecule has 1 rings (SSSR count). The zero-order chi connectivity index (χ0) is 9.68. The van der Waals surface area contributed by atoms with Gasteiger partial charge in [-0.3, -0.25) is 0 Å². The van der Waals surface area contributed by atoms with E-state index in [2.05, 4.69) is 6.92 Å². The van der Waals surface area contributed by atoms with Crippen molar-refractivity contribution < 1.29 is 9.90 Å². The van der Waals surface area contributed by atoms with E-state index in [1.807, 2.05) is 24.3 Å². The molecule has 0 fully saturated rings. The Morgan fingerprint density at radius 1 is 1.38 bits per heavy atom. The number of rotatable bonds is 3. The van der Waals surface area contributed by atoms with Gasteiger partial charge in [-0.1, -0.05) is 31.2 Å². The zero-order valence-corrected chi connectivity index (χ0v) is 7.53. The second-order valence-corrected chi connectivity index (χ2v) is 2.77. The minimum Gasteiger partial charge on any atom is -0.478 e. The Balaban J connectivity index is 2.75. The van der Waals surface area contributed by atoms with Gasteiger partial charge in [0.1, 0.15) is 0 Å². The molecular formula is C11H12O2. The molecule has 0 radical (unpaired) electrons. The third-order valence-corrected chi connectivity index (χ3v) is 1.81. The minimum absolute atomic E-state index is 0.916. The SMILES string of the molecule is CCc1ccc(/C=C/C(=O)O)cc1. The number of carboxylic acid groups (broad SMARTS) is 1. The predicted molar refractivity (Wildman–Crippen MR) is 52.5 cm³/mol. The summed E-state index contributed by atoms with van der Waals surface area (Å²) >= 11 is 0. The number of carboxylic acids is 1. The second kappa shape index (κ2) is 4.45. The van der Waals surface area contributed by atoms with E-state index in [4.69, 9.17) is 5.11 Å². The lowest BCUT2D eigenvalue weighted by atomic mass is 10.1. The maximum atomic E-state index is 10.2. The van der Waals surface area contributed by atoms with E-state index in [0.717, 1.165) is 18.1 Å². The van der Waals surface area contributed by atoms with Gasteiger partial charge in [-0.25, -0.2) is 4.79 Å². The molecule has 0 saturated carbocycles. The number of hydrogen-bond acceptors (Lipinski definition) is 1. The van der Waals surface area contributed by atoms with Crippen molar-refractivity contribution in [1.82, 2.24) is 0 Å². The number of hydrogen-bond donors (Lipinski definition) is 1. The molecule has 0 heterocycles. The lowest BCUT2D eigenvalue weighted by Gasteiger charge is -1.96. The summed E-state index contributed by atoms with van der Waals surface area (Å²) in [6, 6.07) is 7.83. The van der Waals surface area contributed by atoms with Gasteiger partial charge in [0, 0.05) is 6.08 Å². The molecular weight excluding hydrogens is 164 g/mol. The third kappa shape index (κ3) is 3.11. The zero-order valence-electron chi connectivity index (χ0n) is 7.53. The standard InChI is InChI=1S/C11H12O2/c1-2-9-3-5-10(6-4-9)7-8-11(12)13/h3-8H,2H2,1H3,(H,12,13)/b8-7+. The smallest absolute Gasteiger partial charge is 0.328 e. The highest BCUT2D eigenvalue weighted by molar-refractivity contribution is 5.85. The van der Waals surface area contributed by atoms with Crippen molar-refractivity contribution in [3.05, 3.63) is 41.5 Å². The first-order valence-corrected chi connectivity index (χ1v) is 4.22. The highest BCUT2D eigenvalue weighted by Crippen LogP contribution is 2.06. The van der Waals surface area contributed by atoms with Gasteiger partial charge >= 0.3 is 5.97 Å². The molecule has 2 nitrogen and oxygen atoms in total. The molecule has 0 aliphatic heterocycles. The van der Waals surface area contributed by atoms with Crippen LogP contribution in [-0.4, -0.2) is 11.1 Å². The maximum absolute atomic E-state index is 10.2. The van der Waals surface area contributed by atoms with E-state index in [-0.39, 0.29) is 0 Å². The van der Waals surface area contributed by atoms with E-state index in [0.29, 0.717) is 0 Å². The second-order valence-electron chi connectivity index (χ2n) is 2.77. The maximum Gasteiger partial charge on any atom is 0.328 e. The molecule has 13 heavy (non-hydrogen) atoms. The molecule has 0 aliphatic rings. The van der Waals surface area contributed by atoms with Gasteiger partial charge in [0.25, 0.3) is 0 Å². The summed E-state index contributed by atoms with van der Waals surface area (Å²) in [5.41, 5.74) is 2.17. The summed E-state index contributed by atoms with van der Waals surface area (Å²) in [4.78, 5) is 10.2. The van der Waals surface area contributed by atoms with Crippen molar-refractivity contribution in [3.8, 4) is 0 Å². The molecule has 0 atom stereocenters. The fourth-order valence-corrected chi connectivity index (χ4v) is 1.03. The first kappa shape index (κ1) is 9.52. The topological polar surface area (TPSA) is 37.3 Å². The molecule has 0 saturated heterocycles. The van der Waals surface area contributed by atoms with Gasteiger partial charge in [0.05, 0.1) is 0 Å². The van der Waals surface area contributed by atoms with Crippen LogP contribution in [0.4, 0.5) is 0 Å². The molecule has 0 unspecified atom stereocenters. The third-order valence-electron chi connectivity index (χ3n) is 1.81. The predicted octanol–water partition coefficient (Wildman–Crippen LogP) is 2.35. The Kier molecular flexibility index (Phi) is 3.26. The Hall–Kier alpha value is -1.57. The van der Waals surface area contributed by atoms with Crippen LogP contribution in [-0.2, 0) is 11.2 Å². The Morgan fingerprint density at radius 2 is 2.00 bits per heavy atom. The van der Waals surface area contributed by atoms with Gasteiger partial charge in [-0.15, -0.1) is 0 Å². The Bertz CT molecular complexity index is 309. The van der Waals surface area contributed by atoms with E-state index in [9.17, 15) is 4.79 Å². The number of carbonyl (C=O) groups is 1. The van der Waals surface area contributed by atoms with Gasteiger partial charge in [-0.2, -0.15) is 0 Å². The molecule has 2 heteroatoms. The fraction of sp³-hybridized carbons (Fsp3) is 0.182.